The van der Waals surface area contributed by atoms with Crippen LogP contribution in [0.15, 0.2) is 6.07 Å². The zero-order valence-corrected chi connectivity index (χ0v) is 8.39. The van der Waals surface area contributed by atoms with E-state index in [1.54, 1.807) is 0 Å². The van der Waals surface area contributed by atoms with Gasteiger partial charge in [-0.15, -0.1) is 0 Å². The average Bonchev–Trinajstić information content (AvgIpc) is 2.14. The van der Waals surface area contributed by atoms with Gasteiger partial charge in [0.1, 0.15) is 0 Å². The molecule has 0 aliphatic carbocycles. The van der Waals surface area contributed by atoms with Crippen LogP contribution in [0.2, 0.25) is 5.02 Å². The van der Waals surface area contributed by atoms with Gasteiger partial charge in [-0.3, -0.25) is 0 Å². The number of halogens is 6. The van der Waals surface area contributed by atoms with Crippen LogP contribution in [-0.2, 0) is 6.18 Å². The molecule has 0 saturated carbocycles. The van der Waals surface area contributed by atoms with E-state index >= 15 is 0 Å². The first-order valence-corrected chi connectivity index (χ1v) is 4.22. The van der Waals surface area contributed by atoms with Crippen LogP contribution >= 0.6 is 11.6 Å². The molecule has 1 aromatic heterocycles. The van der Waals surface area contributed by atoms with Crippen molar-refractivity contribution in [2.75, 3.05) is 0 Å². The summed E-state index contributed by atoms with van der Waals surface area (Å²) in [6, 6.07) is 0.0637. The van der Waals surface area contributed by atoms with Crippen LogP contribution in [0.4, 0.5) is 27.8 Å². The van der Waals surface area contributed by atoms with E-state index in [-0.39, 0.29) is 6.07 Å². The Morgan fingerprint density at radius 2 is 1.94 bits per heavy atom. The number of rotatable bonds is 2. The average molecular weight is 277 g/mol. The van der Waals surface area contributed by atoms with Crippen LogP contribution < -0.4 is 0 Å². The Bertz CT molecular complexity index is 462. The Morgan fingerprint density at radius 3 is 2.29 bits per heavy atom. The Kier molecular flexibility index (Phi) is 3.51. The zero-order valence-electron chi connectivity index (χ0n) is 7.63. The molecule has 0 bridgehead atoms. The van der Waals surface area contributed by atoms with Crippen LogP contribution in [0.5, 0.6) is 0 Å². The predicted molar refractivity (Wildman–Crippen MR) is 45.9 cm³/mol. The van der Waals surface area contributed by atoms with Crippen LogP contribution in [0.1, 0.15) is 17.7 Å². The third kappa shape index (κ3) is 2.78. The Balaban J connectivity index is 3.53. The van der Waals surface area contributed by atoms with Gasteiger partial charge in [0.15, 0.2) is 5.56 Å². The van der Waals surface area contributed by atoms with Gasteiger partial charge in [0.2, 0.25) is 5.69 Å². The topological polar surface area (TPSA) is 56.0 Å². The summed E-state index contributed by atoms with van der Waals surface area (Å²) in [5.74, 6) is -1.70. The van der Waals surface area contributed by atoms with Crippen molar-refractivity contribution < 1.29 is 26.9 Å². The number of nitro groups is 1. The van der Waals surface area contributed by atoms with E-state index in [1.165, 1.54) is 0 Å². The lowest BCUT2D eigenvalue weighted by molar-refractivity contribution is -0.393. The van der Waals surface area contributed by atoms with Crippen molar-refractivity contribution in [3.8, 4) is 0 Å². The van der Waals surface area contributed by atoms with Crippen molar-refractivity contribution in [2.45, 2.75) is 12.6 Å². The highest BCUT2D eigenvalue weighted by Crippen LogP contribution is 2.38. The molecule has 0 atom stereocenters. The van der Waals surface area contributed by atoms with E-state index < -0.39 is 39.6 Å². The molecular formula is C7H2ClF5N2O2. The summed E-state index contributed by atoms with van der Waals surface area (Å²) in [5, 5.41) is 9.34. The summed E-state index contributed by atoms with van der Waals surface area (Å²) in [4.78, 5) is 11.5. The summed E-state index contributed by atoms with van der Waals surface area (Å²) < 4.78 is 61.5. The maximum absolute atomic E-state index is 12.3. The van der Waals surface area contributed by atoms with Gasteiger partial charge in [0, 0.05) is 0 Å². The number of alkyl halides is 5. The fraction of sp³-hybridized carbons (Fsp3) is 0.286. The van der Waals surface area contributed by atoms with Crippen molar-refractivity contribution in [3.63, 3.8) is 0 Å². The molecule has 0 aliphatic heterocycles. The molecule has 4 nitrogen and oxygen atoms in total. The van der Waals surface area contributed by atoms with E-state index in [0.717, 1.165) is 0 Å². The van der Waals surface area contributed by atoms with Gasteiger partial charge in [-0.1, -0.05) is 11.6 Å². The summed E-state index contributed by atoms with van der Waals surface area (Å²) in [6.45, 7) is 0. The number of hydrogen-bond donors (Lipinski definition) is 0. The number of nitrogens with zero attached hydrogens (tertiary/aromatic N) is 2. The Morgan fingerprint density at radius 1 is 1.41 bits per heavy atom. The highest BCUT2D eigenvalue weighted by molar-refractivity contribution is 6.31. The van der Waals surface area contributed by atoms with Gasteiger partial charge in [-0.05, 0) is 16.0 Å². The second-order valence-electron chi connectivity index (χ2n) is 2.78. The number of aromatic nitrogens is 1. The monoisotopic (exact) mass is 276 g/mol. The minimum absolute atomic E-state index is 0.0637. The minimum atomic E-state index is -5.10. The van der Waals surface area contributed by atoms with Gasteiger partial charge in [-0.25, -0.2) is 8.78 Å². The third-order valence-corrected chi connectivity index (χ3v) is 1.97. The molecule has 0 amide bonds. The van der Waals surface area contributed by atoms with Crippen LogP contribution in [0, 0.1) is 10.1 Å². The maximum Gasteiger partial charge on any atom is 0.424 e. The molecule has 0 spiro atoms. The van der Waals surface area contributed by atoms with Gasteiger partial charge < -0.3 is 10.1 Å². The minimum Gasteiger partial charge on any atom is -0.358 e. The van der Waals surface area contributed by atoms with Gasteiger partial charge in [0.25, 0.3) is 0 Å². The summed E-state index contributed by atoms with van der Waals surface area (Å²) >= 11 is 5.14. The van der Waals surface area contributed by atoms with Gasteiger partial charge >= 0.3 is 18.4 Å². The first-order valence-electron chi connectivity index (χ1n) is 3.84. The SMILES string of the molecule is O=[N+]([O-])c1nc(C(F)F)c(Cl)cc1C(F)(F)F. The van der Waals surface area contributed by atoms with Crippen molar-refractivity contribution in [1.29, 1.82) is 0 Å². The second-order valence-corrected chi connectivity index (χ2v) is 3.19. The molecule has 17 heavy (non-hydrogen) atoms. The first-order chi connectivity index (χ1) is 7.64. The van der Waals surface area contributed by atoms with E-state index in [1.807, 2.05) is 0 Å². The molecule has 94 valence electrons. The van der Waals surface area contributed by atoms with E-state index in [2.05, 4.69) is 4.98 Å². The molecule has 1 heterocycles. The van der Waals surface area contributed by atoms with Crippen LogP contribution in [0.3, 0.4) is 0 Å². The van der Waals surface area contributed by atoms with E-state index in [0.29, 0.717) is 0 Å². The normalized spacial score (nSPS) is 11.9. The first kappa shape index (κ1) is 13.6. The molecule has 1 rings (SSSR count). The highest BCUT2D eigenvalue weighted by atomic mass is 35.5. The van der Waals surface area contributed by atoms with Crippen molar-refractivity contribution in [3.05, 3.63) is 32.5 Å². The molecule has 0 fully saturated rings. The molecule has 0 unspecified atom stereocenters. The lowest BCUT2D eigenvalue weighted by Gasteiger charge is -2.08. The zero-order chi connectivity index (χ0) is 13.4. The van der Waals surface area contributed by atoms with Crippen molar-refractivity contribution in [2.24, 2.45) is 0 Å². The van der Waals surface area contributed by atoms with Gasteiger partial charge in [-0.2, -0.15) is 13.2 Å². The molecule has 0 radical (unpaired) electrons. The lowest BCUT2D eigenvalue weighted by atomic mass is 10.2. The molecule has 0 aromatic carbocycles. The lowest BCUT2D eigenvalue weighted by Crippen LogP contribution is -2.12. The smallest absolute Gasteiger partial charge is 0.358 e. The largest absolute Gasteiger partial charge is 0.424 e. The molecule has 0 aliphatic rings. The van der Waals surface area contributed by atoms with Crippen LogP contribution in [-0.4, -0.2) is 9.91 Å². The number of hydrogen-bond acceptors (Lipinski definition) is 3. The fourth-order valence-corrected chi connectivity index (χ4v) is 1.23. The van der Waals surface area contributed by atoms with Crippen LogP contribution in [0.25, 0.3) is 0 Å². The quantitative estimate of drug-likeness (QED) is 0.471. The van der Waals surface area contributed by atoms with E-state index in [9.17, 15) is 32.1 Å². The molecule has 10 heteroatoms. The fourth-order valence-electron chi connectivity index (χ4n) is 0.994. The Hall–Kier alpha value is -1.51. The standard InChI is InChI=1S/C7H2ClF5N2O2/c8-3-1-2(7(11,12)13)6(15(16)17)14-4(3)5(9)10/h1,5H. The summed E-state index contributed by atoms with van der Waals surface area (Å²) in [5.41, 5.74) is -3.02. The number of pyridine rings is 1. The Labute approximate surface area is 95.2 Å². The molecular weight excluding hydrogens is 275 g/mol. The van der Waals surface area contributed by atoms with Crippen molar-refractivity contribution >= 4 is 17.4 Å². The molecule has 0 saturated heterocycles. The summed E-state index contributed by atoms with van der Waals surface area (Å²) in [6.07, 6.45) is -8.40. The predicted octanol–water partition coefficient (Wildman–Crippen LogP) is 3.60. The molecule has 0 N–H and O–H groups in total. The van der Waals surface area contributed by atoms with E-state index in [4.69, 9.17) is 11.6 Å². The highest BCUT2D eigenvalue weighted by Gasteiger charge is 2.41. The third-order valence-electron chi connectivity index (χ3n) is 1.67. The molecule has 1 aromatic rings. The maximum atomic E-state index is 12.3. The summed E-state index contributed by atoms with van der Waals surface area (Å²) in [7, 11) is 0. The van der Waals surface area contributed by atoms with Crippen molar-refractivity contribution in [1.82, 2.24) is 4.98 Å². The second kappa shape index (κ2) is 4.40. The van der Waals surface area contributed by atoms with Gasteiger partial charge in [0.05, 0.1) is 5.02 Å².